The minimum absolute atomic E-state index is 0.112. The molecule has 1 N–H and O–H groups in total. The molecule has 1 aromatic heterocycles. The van der Waals surface area contributed by atoms with Crippen LogP contribution in [0.25, 0.3) is 0 Å². The van der Waals surface area contributed by atoms with Gasteiger partial charge in [-0.15, -0.1) is 5.10 Å². The molecule has 1 unspecified atom stereocenters. The van der Waals surface area contributed by atoms with Crippen LogP contribution in [-0.4, -0.2) is 39.7 Å². The molecule has 8 nitrogen and oxygen atoms in total. The highest BCUT2D eigenvalue weighted by Crippen LogP contribution is 2.40. The first-order valence-electron chi connectivity index (χ1n) is 12.3. The summed E-state index contributed by atoms with van der Waals surface area (Å²) >= 11 is 1.58. The zero-order chi connectivity index (χ0) is 26.2. The van der Waals surface area contributed by atoms with Crippen LogP contribution < -0.4 is 14.8 Å². The van der Waals surface area contributed by atoms with Crippen LogP contribution in [-0.2, 0) is 16.1 Å². The van der Waals surface area contributed by atoms with Crippen molar-refractivity contribution in [2.45, 2.75) is 45.0 Å². The number of aromatic nitrogens is 3. The molecule has 0 radical (unpaired) electrons. The van der Waals surface area contributed by atoms with Gasteiger partial charge in [0.15, 0.2) is 11.5 Å². The number of thioether (sulfide) groups is 1. The largest absolute Gasteiger partial charge is 0.490 e. The van der Waals surface area contributed by atoms with E-state index in [0.717, 1.165) is 23.3 Å². The average molecular weight is 521 g/mol. The van der Waals surface area contributed by atoms with Crippen molar-refractivity contribution in [2.75, 3.05) is 24.3 Å². The number of nitrogens with one attached hydrogen (secondary N) is 1. The van der Waals surface area contributed by atoms with Crippen molar-refractivity contribution in [1.29, 1.82) is 0 Å². The second-order valence-corrected chi connectivity index (χ2v) is 9.44. The lowest BCUT2D eigenvalue weighted by atomic mass is 9.95. The van der Waals surface area contributed by atoms with Crippen LogP contribution in [0.2, 0.25) is 0 Å². The van der Waals surface area contributed by atoms with Gasteiger partial charge in [0.25, 0.3) is 0 Å². The molecule has 4 rings (SSSR count). The molecule has 2 heterocycles. The minimum Gasteiger partial charge on any atom is -0.490 e. The lowest BCUT2D eigenvalue weighted by Crippen LogP contribution is -2.29. The van der Waals surface area contributed by atoms with Crippen molar-refractivity contribution in [2.24, 2.45) is 0 Å². The maximum atomic E-state index is 13.2. The molecular weight excluding hydrogens is 488 g/mol. The van der Waals surface area contributed by atoms with Gasteiger partial charge >= 0.3 is 5.97 Å². The van der Waals surface area contributed by atoms with Crippen LogP contribution in [0.4, 0.5) is 5.95 Å². The summed E-state index contributed by atoms with van der Waals surface area (Å²) < 4.78 is 19.2. The highest BCUT2D eigenvalue weighted by Gasteiger charge is 2.35. The topological polar surface area (TPSA) is 87.5 Å². The zero-order valence-electron chi connectivity index (χ0n) is 21.4. The van der Waals surface area contributed by atoms with Crippen LogP contribution >= 0.6 is 11.8 Å². The average Bonchev–Trinajstić information content (AvgIpc) is 3.32. The van der Waals surface area contributed by atoms with Gasteiger partial charge in [0.1, 0.15) is 19.3 Å². The molecule has 1 atom stereocenters. The fourth-order valence-electron chi connectivity index (χ4n) is 3.99. The summed E-state index contributed by atoms with van der Waals surface area (Å²) in [7, 11) is 0. The maximum Gasteiger partial charge on any atom is 0.338 e. The van der Waals surface area contributed by atoms with E-state index in [1.165, 1.54) is 0 Å². The minimum atomic E-state index is -0.556. The third kappa shape index (κ3) is 6.17. The van der Waals surface area contributed by atoms with Crippen molar-refractivity contribution in [3.8, 4) is 11.5 Å². The summed E-state index contributed by atoms with van der Waals surface area (Å²) in [6.45, 7) is 10.5. The smallest absolute Gasteiger partial charge is 0.338 e. The number of fused-ring (bicyclic) bond motifs is 1. The van der Waals surface area contributed by atoms with Gasteiger partial charge in [0.05, 0.1) is 12.2 Å². The molecule has 2 aromatic carbocycles. The Morgan fingerprint density at radius 1 is 1.16 bits per heavy atom. The van der Waals surface area contributed by atoms with Crippen molar-refractivity contribution >= 4 is 23.7 Å². The van der Waals surface area contributed by atoms with Gasteiger partial charge in [-0.05, 0) is 43.5 Å². The third-order valence-corrected chi connectivity index (χ3v) is 6.68. The van der Waals surface area contributed by atoms with Gasteiger partial charge in [-0.25, -0.2) is 9.48 Å². The van der Waals surface area contributed by atoms with Gasteiger partial charge in [-0.2, -0.15) is 4.98 Å². The number of nitrogens with zero attached hydrogens (tertiary/aromatic N) is 3. The molecule has 0 saturated heterocycles. The summed E-state index contributed by atoms with van der Waals surface area (Å²) in [5.41, 5.74) is 2.97. The van der Waals surface area contributed by atoms with E-state index in [1.807, 2.05) is 62.4 Å². The van der Waals surface area contributed by atoms with E-state index in [1.54, 1.807) is 22.5 Å². The monoisotopic (exact) mass is 520 g/mol. The fraction of sp³-hybridized carbons (Fsp3) is 0.321. The summed E-state index contributed by atoms with van der Waals surface area (Å²) in [5.74, 6) is 2.24. The third-order valence-electron chi connectivity index (χ3n) is 5.64. The summed E-state index contributed by atoms with van der Waals surface area (Å²) in [6, 6.07) is 15.1. The van der Waals surface area contributed by atoms with Crippen LogP contribution in [0.5, 0.6) is 11.5 Å². The summed E-state index contributed by atoms with van der Waals surface area (Å²) in [6.07, 6.45) is 2.55. The Kier molecular flexibility index (Phi) is 8.90. The molecule has 0 spiro atoms. The summed E-state index contributed by atoms with van der Waals surface area (Å²) in [5, 5.41) is 8.61. The van der Waals surface area contributed by atoms with Gasteiger partial charge in [-0.3, -0.25) is 0 Å². The second-order valence-electron chi connectivity index (χ2n) is 8.38. The number of hydrogen-bond acceptors (Lipinski definition) is 8. The van der Waals surface area contributed by atoms with Gasteiger partial charge in [-0.1, -0.05) is 67.7 Å². The molecule has 0 aliphatic carbocycles. The van der Waals surface area contributed by atoms with E-state index in [4.69, 9.17) is 19.3 Å². The molecule has 0 bridgehead atoms. The number of esters is 1. The molecule has 1 aliphatic heterocycles. The molecule has 0 amide bonds. The molecule has 3 aromatic rings. The quantitative estimate of drug-likeness (QED) is 0.183. The van der Waals surface area contributed by atoms with E-state index in [2.05, 4.69) is 23.8 Å². The van der Waals surface area contributed by atoms with Crippen LogP contribution in [0.15, 0.2) is 77.6 Å². The molecule has 0 fully saturated rings. The van der Waals surface area contributed by atoms with E-state index >= 15 is 0 Å². The number of carbonyl (C=O) groups excluding carboxylic acids is 1. The number of hydrogen-bond donors (Lipinski definition) is 1. The first-order chi connectivity index (χ1) is 18.0. The highest BCUT2D eigenvalue weighted by molar-refractivity contribution is 7.99. The van der Waals surface area contributed by atoms with E-state index < -0.39 is 12.0 Å². The summed E-state index contributed by atoms with van der Waals surface area (Å²) in [4.78, 5) is 17.8. The lowest BCUT2D eigenvalue weighted by Gasteiger charge is -2.28. The maximum absolute atomic E-state index is 13.2. The Balaban J connectivity index is 1.73. The predicted molar refractivity (Wildman–Crippen MR) is 145 cm³/mol. The Bertz CT molecular complexity index is 1270. The highest BCUT2D eigenvalue weighted by atomic mass is 32.2. The number of carbonyl (C=O) groups is 1. The SMILES string of the molecule is C=CCOC(=O)C1=C(C)Nc2nc(SCCC)nn2C1c1ccc(OCc2ccccc2)c(OCC)c1. The molecule has 1 aliphatic rings. The zero-order valence-corrected chi connectivity index (χ0v) is 22.2. The van der Waals surface area contributed by atoms with Crippen molar-refractivity contribution in [3.63, 3.8) is 0 Å². The Morgan fingerprint density at radius 2 is 1.97 bits per heavy atom. The van der Waals surface area contributed by atoms with Gasteiger partial charge in [0.2, 0.25) is 11.1 Å². The van der Waals surface area contributed by atoms with Crippen molar-refractivity contribution in [1.82, 2.24) is 14.8 Å². The first kappa shape index (κ1) is 26.3. The molecular formula is C28H32N4O4S. The Morgan fingerprint density at radius 3 is 2.70 bits per heavy atom. The fourth-order valence-corrected chi connectivity index (χ4v) is 4.67. The normalized spacial score (nSPS) is 14.5. The van der Waals surface area contributed by atoms with E-state index in [9.17, 15) is 4.79 Å². The van der Waals surface area contributed by atoms with Crippen molar-refractivity contribution < 1.29 is 19.0 Å². The van der Waals surface area contributed by atoms with E-state index in [-0.39, 0.29) is 6.61 Å². The van der Waals surface area contributed by atoms with E-state index in [0.29, 0.717) is 47.1 Å². The Hall–Kier alpha value is -3.72. The van der Waals surface area contributed by atoms with Gasteiger partial charge in [0, 0.05) is 11.4 Å². The number of ether oxygens (including phenoxy) is 3. The number of allylic oxidation sites excluding steroid dienone is 1. The predicted octanol–water partition coefficient (Wildman–Crippen LogP) is 5.78. The second kappa shape index (κ2) is 12.5. The molecule has 37 heavy (non-hydrogen) atoms. The number of anilines is 1. The molecule has 0 saturated carbocycles. The standard InChI is InChI=1S/C28H32N4O4S/c1-5-15-35-26(33)24-19(4)29-27-30-28(37-16-6-2)31-32(27)25(24)21-13-14-22(23(17-21)34-7-3)36-18-20-11-9-8-10-12-20/h5,8-14,17,25H,1,6-7,15-16,18H2,2-4H3,(H,29,30,31). The van der Waals surface area contributed by atoms with Crippen LogP contribution in [0.3, 0.4) is 0 Å². The van der Waals surface area contributed by atoms with Crippen LogP contribution in [0, 0.1) is 0 Å². The first-order valence-corrected chi connectivity index (χ1v) is 13.3. The lowest BCUT2D eigenvalue weighted by molar-refractivity contribution is -0.138. The molecule has 9 heteroatoms. The number of benzene rings is 2. The molecule has 194 valence electrons. The Labute approximate surface area is 221 Å². The van der Waals surface area contributed by atoms with Crippen molar-refractivity contribution in [3.05, 3.63) is 83.6 Å². The van der Waals surface area contributed by atoms with Crippen LogP contribution in [0.1, 0.15) is 44.4 Å². The number of rotatable bonds is 12. The van der Waals surface area contributed by atoms with Gasteiger partial charge < -0.3 is 19.5 Å².